The third kappa shape index (κ3) is 10.9. The Morgan fingerprint density at radius 3 is 0.708 bits per heavy atom. The number of benzene rings is 18. The van der Waals surface area contributed by atoms with E-state index in [-0.39, 0.29) is 20.1 Å². The van der Waals surface area contributed by atoms with E-state index in [0.717, 1.165) is 159 Å². The minimum absolute atomic E-state index is 0.258. The fourth-order valence-electron chi connectivity index (χ4n) is 20.0. The van der Waals surface area contributed by atoms with Gasteiger partial charge in [-0.1, -0.05) is 249 Å². The highest BCUT2D eigenvalue weighted by molar-refractivity contribution is 7.04. The van der Waals surface area contributed by atoms with Crippen LogP contribution in [0.25, 0.3) is 0 Å². The van der Waals surface area contributed by atoms with Crippen LogP contribution in [-0.4, -0.2) is 20.1 Å². The first kappa shape index (κ1) is 68.7. The Hall–Kier alpha value is -15.6. The molecule has 24 rings (SSSR count). The lowest BCUT2D eigenvalue weighted by molar-refractivity contribution is 0.487. The Bertz CT molecular complexity index is 6860. The average molecular weight is 1530 g/mol. The molecule has 12 heteroatoms. The third-order valence-electron chi connectivity index (χ3n) is 24.8. The smallest absolute Gasteiger partial charge is 0.256 e. The van der Waals surface area contributed by atoms with E-state index >= 15 is 0 Å². The molecule has 560 valence electrons. The molecule has 0 fully saturated rings. The summed E-state index contributed by atoms with van der Waals surface area (Å²) in [5.74, 6) is 1.65. The number of hydrogen-bond donors (Lipinski definition) is 0. The highest BCUT2D eigenvalue weighted by Crippen LogP contribution is 2.55. The predicted molar refractivity (Wildman–Crippen MR) is 504 cm³/mol. The van der Waals surface area contributed by atoms with Gasteiger partial charge in [0.05, 0.1) is 17.1 Å². The van der Waals surface area contributed by atoms with Crippen molar-refractivity contribution in [2.45, 2.75) is 0 Å². The maximum atomic E-state index is 7.47. The summed E-state index contributed by atoms with van der Waals surface area (Å²) >= 11 is 0. The van der Waals surface area contributed by atoms with E-state index in [0.29, 0.717) is 0 Å². The number of fused-ring (bicyclic) bond motifs is 12. The van der Waals surface area contributed by atoms with E-state index in [1.54, 1.807) is 0 Å². The van der Waals surface area contributed by atoms with Crippen LogP contribution in [-0.2, 0) is 0 Å². The largest absolute Gasteiger partial charge is 0.458 e. The summed E-state index contributed by atoms with van der Waals surface area (Å²) in [6, 6.07) is 163. The second kappa shape index (κ2) is 28.1. The zero-order chi connectivity index (χ0) is 78.9. The second-order valence-electron chi connectivity index (χ2n) is 31.5. The molecule has 0 unspecified atom stereocenters. The van der Waals surface area contributed by atoms with E-state index < -0.39 is 0 Å². The van der Waals surface area contributed by atoms with Gasteiger partial charge in [-0.3, -0.25) is 0 Å². The Kier molecular flexibility index (Phi) is 16.1. The molecule has 0 spiro atoms. The zero-order valence-electron chi connectivity index (χ0n) is 65.4. The molecular formula is C108H73B3N8O. The van der Waals surface area contributed by atoms with Crippen molar-refractivity contribution in [1.29, 1.82) is 0 Å². The van der Waals surface area contributed by atoms with E-state index in [2.05, 4.69) is 482 Å². The molecule has 120 heavy (non-hydrogen) atoms. The molecule has 0 aromatic heterocycles. The quantitative estimate of drug-likeness (QED) is 0.0990. The van der Waals surface area contributed by atoms with Crippen LogP contribution in [0.4, 0.5) is 136 Å². The fourth-order valence-corrected chi connectivity index (χ4v) is 20.0. The number of rotatable bonds is 14. The molecule has 9 nitrogen and oxygen atoms in total. The van der Waals surface area contributed by atoms with Crippen molar-refractivity contribution in [2.75, 3.05) is 39.2 Å². The van der Waals surface area contributed by atoms with Gasteiger partial charge < -0.3 is 43.9 Å². The van der Waals surface area contributed by atoms with Crippen LogP contribution in [0.2, 0.25) is 0 Å². The van der Waals surface area contributed by atoms with Gasteiger partial charge in [-0.2, -0.15) is 0 Å². The van der Waals surface area contributed by atoms with Crippen LogP contribution >= 0.6 is 0 Å². The van der Waals surface area contributed by atoms with Crippen molar-refractivity contribution in [3.8, 4) is 11.5 Å². The van der Waals surface area contributed by atoms with Crippen LogP contribution < -0.4 is 93.1 Å². The Morgan fingerprint density at radius 1 is 0.158 bits per heavy atom. The summed E-state index contributed by atoms with van der Waals surface area (Å²) in [6.45, 7) is -0.905. The minimum Gasteiger partial charge on any atom is -0.458 e. The number of ether oxygens (including phenoxy) is 1. The Labute approximate surface area is 699 Å². The van der Waals surface area contributed by atoms with Gasteiger partial charge in [0.15, 0.2) is 0 Å². The average Bonchev–Trinajstić information content (AvgIpc) is 0.677. The molecule has 0 N–H and O–H groups in total. The third-order valence-corrected chi connectivity index (χ3v) is 24.8. The molecule has 0 atom stereocenters. The molecule has 0 saturated carbocycles. The Balaban J connectivity index is 0.832. The molecule has 6 aliphatic rings. The highest BCUT2D eigenvalue weighted by Gasteiger charge is 2.52. The summed E-state index contributed by atoms with van der Waals surface area (Å²) < 4.78 is 7.47. The van der Waals surface area contributed by atoms with E-state index in [4.69, 9.17) is 4.74 Å². The minimum atomic E-state index is -0.376. The van der Waals surface area contributed by atoms with Crippen molar-refractivity contribution < 1.29 is 4.74 Å². The summed E-state index contributed by atoms with van der Waals surface area (Å²) in [6.07, 6.45) is 0. The second-order valence-corrected chi connectivity index (χ2v) is 31.5. The molecule has 6 aliphatic heterocycles. The van der Waals surface area contributed by atoms with E-state index in [1.807, 2.05) is 0 Å². The lowest BCUT2D eigenvalue weighted by Crippen LogP contribution is -2.66. The number of para-hydroxylation sites is 13. The lowest BCUT2D eigenvalue weighted by Gasteiger charge is -2.48. The first-order valence-electron chi connectivity index (χ1n) is 41.3. The SMILES string of the molecule is c1ccc(N(c2ccccc2)c2cc3c4c(c2)N(c2ccccc2)c2cc5c(cc2B4c2ccccc2O3)B2c3cc4c(cc3N(c3ccccc3)c3cc(N(c6ccccc6)c6ccccc6)cc(c32)N5c2ccccc2)N(c2ccccc2)c2cc(N(c3ccccc3)c3ccccc3)cc3c2B4c2ccccc2N3c2ccccc2)cc1. The molecule has 18 aromatic carbocycles. The van der Waals surface area contributed by atoms with Gasteiger partial charge in [-0.25, -0.2) is 0 Å². The van der Waals surface area contributed by atoms with Crippen LogP contribution in [0.5, 0.6) is 11.5 Å². The molecule has 0 radical (unpaired) electrons. The van der Waals surface area contributed by atoms with Crippen molar-refractivity contribution in [3.63, 3.8) is 0 Å². The van der Waals surface area contributed by atoms with Crippen molar-refractivity contribution in [2.24, 2.45) is 0 Å². The molecular weight excluding hydrogens is 1460 g/mol. The first-order valence-corrected chi connectivity index (χ1v) is 41.3. The van der Waals surface area contributed by atoms with Gasteiger partial charge in [0.25, 0.3) is 20.1 Å². The summed E-state index contributed by atoms with van der Waals surface area (Å²) in [5, 5.41) is 0. The number of anilines is 24. The summed E-state index contributed by atoms with van der Waals surface area (Å²) in [4.78, 5) is 20.1. The highest BCUT2D eigenvalue weighted by atomic mass is 16.5. The fraction of sp³-hybridized carbons (Fsp3) is 0. The van der Waals surface area contributed by atoms with Crippen LogP contribution in [0.3, 0.4) is 0 Å². The molecule has 0 amide bonds. The Morgan fingerprint density at radius 2 is 0.392 bits per heavy atom. The van der Waals surface area contributed by atoms with Gasteiger partial charge in [0.1, 0.15) is 11.5 Å². The molecule has 0 saturated heterocycles. The zero-order valence-corrected chi connectivity index (χ0v) is 65.4. The van der Waals surface area contributed by atoms with Crippen molar-refractivity contribution in [1.82, 2.24) is 0 Å². The first-order chi connectivity index (χ1) is 59.6. The monoisotopic (exact) mass is 1530 g/mol. The summed E-state index contributed by atoms with van der Waals surface area (Å²) in [7, 11) is 0. The van der Waals surface area contributed by atoms with Crippen LogP contribution in [0.1, 0.15) is 0 Å². The van der Waals surface area contributed by atoms with E-state index in [1.165, 1.54) is 38.2 Å². The predicted octanol–water partition coefficient (Wildman–Crippen LogP) is 22.7. The number of hydrogen-bond acceptors (Lipinski definition) is 9. The van der Waals surface area contributed by atoms with Crippen molar-refractivity contribution in [3.05, 3.63) is 443 Å². The van der Waals surface area contributed by atoms with Crippen molar-refractivity contribution >= 4 is 206 Å². The topological polar surface area (TPSA) is 35.2 Å². The van der Waals surface area contributed by atoms with Gasteiger partial charge >= 0.3 is 0 Å². The molecule has 0 aliphatic carbocycles. The van der Waals surface area contributed by atoms with Gasteiger partial charge in [0.2, 0.25) is 0 Å². The van der Waals surface area contributed by atoms with Gasteiger partial charge in [-0.15, -0.1) is 0 Å². The number of nitrogens with zero attached hydrogens (tertiary/aromatic N) is 8. The lowest BCUT2D eigenvalue weighted by atomic mass is 9.29. The van der Waals surface area contributed by atoms with Crippen LogP contribution in [0.15, 0.2) is 443 Å². The molecule has 18 aromatic rings. The maximum Gasteiger partial charge on any atom is 0.256 e. The summed E-state index contributed by atoms with van der Waals surface area (Å²) in [5.41, 5.74) is 36.0. The van der Waals surface area contributed by atoms with Crippen LogP contribution in [0, 0.1) is 0 Å². The molecule has 6 heterocycles. The maximum absolute atomic E-state index is 7.47. The van der Waals surface area contributed by atoms with E-state index in [9.17, 15) is 0 Å². The van der Waals surface area contributed by atoms with Gasteiger partial charge in [-0.05, 0) is 237 Å². The normalized spacial score (nSPS) is 13.1. The van der Waals surface area contributed by atoms with Gasteiger partial charge in [0, 0.05) is 126 Å². The molecule has 0 bridgehead atoms. The standard InChI is InChI=1S/C108H73B3N8O/c1-12-38-74(39-13-1)112(75-40-14-2-15-41-75)85-64-99-106-100(65-85)116(81-52-26-8-27-53-81)95-72-97-92(70-90(95)109(106)88-60-34-36-62-94(88)115(99)80-50-24-7-25-51-80)111-93-71-91-96(119(84-58-32-11-33-59-84)103-68-87(69-105-108(103)110(91)89-61-35-37-63-104(89)120-105)114(78-46-20-5-21-47-78)79-48-22-6-23-49-79)73-98(93)118(83-56-30-10-31-57-83)102-67-86(66-101(107(102)111)117(97)82-54-28-9-29-55-82)113(76-42-16-3-17-43-76)77-44-18-4-19-45-77/h1-73H.